The van der Waals surface area contributed by atoms with Gasteiger partial charge < -0.3 is 0 Å². The van der Waals surface area contributed by atoms with Gasteiger partial charge in [0.25, 0.3) is 23.6 Å². The van der Waals surface area contributed by atoms with Crippen molar-refractivity contribution in [2.75, 3.05) is 6.54 Å². The van der Waals surface area contributed by atoms with Gasteiger partial charge in [0.2, 0.25) is 0 Å². The highest BCUT2D eigenvalue weighted by atomic mass is 16.2. The first-order chi connectivity index (χ1) is 13.4. The van der Waals surface area contributed by atoms with Crippen LogP contribution in [0.3, 0.4) is 0 Å². The summed E-state index contributed by atoms with van der Waals surface area (Å²) in [6.45, 7) is 15.6. The molecule has 0 saturated carbocycles. The van der Waals surface area contributed by atoms with Crippen LogP contribution in [-0.4, -0.2) is 51.8 Å². The maximum Gasteiger partial charge on any atom is 0.258 e. The summed E-state index contributed by atoms with van der Waals surface area (Å²) in [7, 11) is 0. The third kappa shape index (κ3) is 4.30. The molecule has 164 valence electrons. The molecule has 0 aromatic heterocycles. The molecule has 4 amide bonds. The second-order valence-corrected chi connectivity index (χ2v) is 11.0. The zero-order valence-corrected chi connectivity index (χ0v) is 19.4. The van der Waals surface area contributed by atoms with Gasteiger partial charge in [-0.05, 0) is 10.8 Å². The summed E-state index contributed by atoms with van der Waals surface area (Å²) in [6.07, 6.45) is 2.52. The highest BCUT2D eigenvalue weighted by Gasteiger charge is 2.48. The second kappa shape index (κ2) is 7.29. The van der Waals surface area contributed by atoms with Gasteiger partial charge in [0.1, 0.15) is 6.04 Å². The fraction of sp³-hybridized carbons (Fsp3) is 0.609. The third-order valence-electron chi connectivity index (χ3n) is 5.29. The van der Waals surface area contributed by atoms with Crippen LogP contribution in [0.4, 0.5) is 0 Å². The lowest BCUT2D eigenvalue weighted by atomic mass is 9.84. The predicted molar refractivity (Wildman–Crippen MR) is 112 cm³/mol. The minimum atomic E-state index is -1.25. The molecular weight excluding hydrogens is 384 g/mol. The molecule has 2 rings (SSSR count). The lowest BCUT2D eigenvalue weighted by molar-refractivity contribution is -0.151. The average molecular weight is 417 g/mol. The normalized spacial score (nSPS) is 19.5. The predicted octanol–water partition coefficient (Wildman–Crippen LogP) is 2.65. The largest absolute Gasteiger partial charge is 0.297 e. The summed E-state index contributed by atoms with van der Waals surface area (Å²) in [5, 5.41) is 0. The van der Waals surface area contributed by atoms with Crippen molar-refractivity contribution in [2.45, 2.75) is 68.4 Å². The molecule has 0 N–H and O–H groups in total. The lowest BCUT2D eigenvalue weighted by Crippen LogP contribution is -2.55. The van der Waals surface area contributed by atoms with E-state index < -0.39 is 51.7 Å². The molecule has 2 aliphatic heterocycles. The fourth-order valence-corrected chi connectivity index (χ4v) is 3.49. The number of hydrogen-bond acceptors (Lipinski definition) is 5. The van der Waals surface area contributed by atoms with Crippen molar-refractivity contribution in [1.29, 1.82) is 0 Å². The van der Waals surface area contributed by atoms with Crippen molar-refractivity contribution < 1.29 is 24.0 Å². The summed E-state index contributed by atoms with van der Waals surface area (Å²) in [4.78, 5) is 66.4. The quantitative estimate of drug-likeness (QED) is 0.657. The molecule has 0 radical (unpaired) electrons. The molecule has 1 atom stereocenters. The van der Waals surface area contributed by atoms with Crippen LogP contribution in [0.1, 0.15) is 62.3 Å². The summed E-state index contributed by atoms with van der Waals surface area (Å²) >= 11 is 0. The first kappa shape index (κ1) is 23.7. The summed E-state index contributed by atoms with van der Waals surface area (Å²) in [5.74, 6) is -2.59. The number of hydrogen-bond donors (Lipinski definition) is 0. The molecule has 0 fully saturated rings. The van der Waals surface area contributed by atoms with E-state index in [0.29, 0.717) is 11.1 Å². The van der Waals surface area contributed by atoms with E-state index in [4.69, 9.17) is 0 Å². The number of carbonyl (C=O) groups is 5. The molecule has 0 aromatic carbocycles. The SMILES string of the molecule is CC(C)(C)C(=O)C(CN1C(=O)C=C(C(C)(C)C)C1=O)N1C(=O)C=C(C(C)(C)C)C1=O. The van der Waals surface area contributed by atoms with E-state index in [0.717, 1.165) is 9.80 Å². The molecule has 0 spiro atoms. The minimum Gasteiger partial charge on any atom is -0.297 e. The van der Waals surface area contributed by atoms with Crippen molar-refractivity contribution in [3.63, 3.8) is 0 Å². The molecule has 0 saturated heterocycles. The Labute approximate surface area is 178 Å². The molecule has 30 heavy (non-hydrogen) atoms. The van der Waals surface area contributed by atoms with Gasteiger partial charge in [-0.25, -0.2) is 0 Å². The van der Waals surface area contributed by atoms with Crippen molar-refractivity contribution in [2.24, 2.45) is 16.2 Å². The number of ketones is 1. The first-order valence-electron chi connectivity index (χ1n) is 10.1. The van der Waals surface area contributed by atoms with E-state index >= 15 is 0 Å². The van der Waals surface area contributed by atoms with Gasteiger partial charge in [0.15, 0.2) is 5.78 Å². The molecule has 0 aromatic rings. The van der Waals surface area contributed by atoms with Gasteiger partial charge >= 0.3 is 0 Å². The molecule has 2 aliphatic rings. The third-order valence-corrected chi connectivity index (χ3v) is 5.29. The summed E-state index contributed by atoms with van der Waals surface area (Å²) in [6, 6.07) is -1.25. The minimum absolute atomic E-state index is 0.298. The van der Waals surface area contributed by atoms with Crippen molar-refractivity contribution in [3.05, 3.63) is 23.3 Å². The van der Waals surface area contributed by atoms with Crippen molar-refractivity contribution in [1.82, 2.24) is 9.80 Å². The lowest BCUT2D eigenvalue weighted by Gasteiger charge is -2.34. The Morgan fingerprint density at radius 2 is 1.20 bits per heavy atom. The maximum absolute atomic E-state index is 13.2. The number of rotatable bonds is 4. The van der Waals surface area contributed by atoms with E-state index in [2.05, 4.69) is 0 Å². The molecule has 1 unspecified atom stereocenters. The van der Waals surface area contributed by atoms with Crippen LogP contribution >= 0.6 is 0 Å². The van der Waals surface area contributed by atoms with E-state index in [9.17, 15) is 24.0 Å². The zero-order chi connectivity index (χ0) is 23.4. The Hall–Kier alpha value is -2.57. The standard InChI is InChI=1S/C23H32N2O5/c1-21(2,3)13-10-16(26)24(19(13)29)12-15(18(28)23(7,8)9)25-17(27)11-14(20(25)30)22(4,5)6/h10-11,15H,12H2,1-9H3. The Bertz CT molecular complexity index is 888. The molecule has 0 aliphatic carbocycles. The second-order valence-electron chi connectivity index (χ2n) is 11.0. The average Bonchev–Trinajstić information content (AvgIpc) is 3.00. The Balaban J connectivity index is 2.44. The number of nitrogens with zero attached hydrogens (tertiary/aromatic N) is 2. The molecule has 0 bridgehead atoms. The van der Waals surface area contributed by atoms with Crippen molar-refractivity contribution >= 4 is 29.4 Å². The van der Waals surface area contributed by atoms with Crippen LogP contribution in [-0.2, 0) is 24.0 Å². The number of amides is 4. The van der Waals surface area contributed by atoms with Crippen LogP contribution in [0.2, 0.25) is 0 Å². The van der Waals surface area contributed by atoms with E-state index in [1.54, 1.807) is 41.5 Å². The van der Waals surface area contributed by atoms with Gasteiger partial charge in [-0.15, -0.1) is 0 Å². The molecule has 2 heterocycles. The smallest absolute Gasteiger partial charge is 0.258 e. The number of imide groups is 2. The molecular formula is C23H32N2O5. The maximum atomic E-state index is 13.2. The van der Waals surface area contributed by atoms with E-state index in [1.165, 1.54) is 12.2 Å². The summed E-state index contributed by atoms with van der Waals surface area (Å²) < 4.78 is 0. The van der Waals surface area contributed by atoms with Crippen molar-refractivity contribution in [3.8, 4) is 0 Å². The number of carbonyl (C=O) groups excluding carboxylic acids is 5. The summed E-state index contributed by atoms with van der Waals surface area (Å²) in [5.41, 5.74) is -1.39. The van der Waals surface area contributed by atoms with Crippen LogP contribution in [0.15, 0.2) is 23.3 Å². The van der Waals surface area contributed by atoms with Gasteiger partial charge in [-0.1, -0.05) is 62.3 Å². The van der Waals surface area contributed by atoms with Crippen LogP contribution in [0.5, 0.6) is 0 Å². The monoisotopic (exact) mass is 416 g/mol. The van der Waals surface area contributed by atoms with E-state index in [-0.39, 0.29) is 6.54 Å². The van der Waals surface area contributed by atoms with Gasteiger partial charge in [0.05, 0.1) is 6.54 Å². The van der Waals surface area contributed by atoms with Crippen LogP contribution < -0.4 is 0 Å². The van der Waals surface area contributed by atoms with Crippen LogP contribution in [0.25, 0.3) is 0 Å². The Morgan fingerprint density at radius 3 is 1.57 bits per heavy atom. The van der Waals surface area contributed by atoms with Crippen LogP contribution in [0, 0.1) is 16.2 Å². The highest BCUT2D eigenvalue weighted by molar-refractivity contribution is 6.20. The fourth-order valence-electron chi connectivity index (χ4n) is 3.49. The van der Waals surface area contributed by atoms with Gasteiger partial charge in [-0.2, -0.15) is 0 Å². The highest BCUT2D eigenvalue weighted by Crippen LogP contribution is 2.35. The van der Waals surface area contributed by atoms with E-state index in [1.807, 2.05) is 20.8 Å². The van der Waals surface area contributed by atoms with Gasteiger partial charge in [-0.3, -0.25) is 33.8 Å². The zero-order valence-electron chi connectivity index (χ0n) is 19.4. The topological polar surface area (TPSA) is 91.8 Å². The molecule has 7 heteroatoms. The Morgan fingerprint density at radius 1 is 0.767 bits per heavy atom. The Kier molecular flexibility index (Phi) is 5.76. The first-order valence-corrected chi connectivity index (χ1v) is 10.1. The number of Topliss-reactive ketones (excluding diaryl/α,β-unsaturated/α-hetero) is 1. The molecule has 7 nitrogen and oxygen atoms in total. The van der Waals surface area contributed by atoms with Gasteiger partial charge in [0, 0.05) is 28.7 Å².